The average molecular weight is 403 g/mol. The number of aryl methyl sites for hydroxylation is 4. The fourth-order valence-corrected chi connectivity index (χ4v) is 4.15. The monoisotopic (exact) mass is 402 g/mol. The molecule has 2 aromatic rings. The van der Waals surface area contributed by atoms with E-state index in [0.717, 1.165) is 29.4 Å². The number of nitrogens with one attached hydrogen (secondary N) is 1. The van der Waals surface area contributed by atoms with Crippen molar-refractivity contribution in [3.63, 3.8) is 0 Å². The number of carbonyl (C=O) groups is 1. The molecule has 2 rings (SSSR count). The van der Waals surface area contributed by atoms with E-state index in [1.807, 2.05) is 58.9 Å². The molecule has 0 unspecified atom stereocenters. The summed E-state index contributed by atoms with van der Waals surface area (Å²) in [6.45, 7) is 9.64. The summed E-state index contributed by atoms with van der Waals surface area (Å²) in [6.07, 6.45) is 1.84. The van der Waals surface area contributed by atoms with Crippen molar-refractivity contribution in [3.05, 3.63) is 64.2 Å². The highest BCUT2D eigenvalue weighted by Gasteiger charge is 2.24. The SMILES string of the molecule is CC[C@H](NC(=O)CN(c1ccc(C)cc1C)S(C)(=O)=O)c1ccc(C)c(C)c1. The van der Waals surface area contributed by atoms with E-state index in [1.165, 1.54) is 15.4 Å². The molecule has 1 amide bonds. The summed E-state index contributed by atoms with van der Waals surface area (Å²) in [6, 6.07) is 11.5. The first-order chi connectivity index (χ1) is 13.0. The van der Waals surface area contributed by atoms with E-state index in [0.29, 0.717) is 5.69 Å². The van der Waals surface area contributed by atoms with Crippen LogP contribution in [0.5, 0.6) is 0 Å². The molecule has 0 fully saturated rings. The topological polar surface area (TPSA) is 66.5 Å². The Morgan fingerprint density at radius 3 is 2.21 bits per heavy atom. The van der Waals surface area contributed by atoms with Gasteiger partial charge in [-0.15, -0.1) is 0 Å². The molecule has 1 atom stereocenters. The van der Waals surface area contributed by atoms with Crippen molar-refractivity contribution in [2.24, 2.45) is 0 Å². The lowest BCUT2D eigenvalue weighted by Crippen LogP contribution is -2.41. The molecule has 6 heteroatoms. The van der Waals surface area contributed by atoms with Crippen LogP contribution in [0.15, 0.2) is 36.4 Å². The van der Waals surface area contributed by atoms with Crippen LogP contribution in [0, 0.1) is 27.7 Å². The summed E-state index contributed by atoms with van der Waals surface area (Å²) in [5.41, 5.74) is 5.78. The third kappa shape index (κ3) is 5.35. The number of amides is 1. The second-order valence-electron chi connectivity index (χ2n) is 7.43. The molecule has 0 aromatic heterocycles. The molecular weight excluding hydrogens is 372 g/mol. The lowest BCUT2D eigenvalue weighted by atomic mass is 9.99. The lowest BCUT2D eigenvalue weighted by Gasteiger charge is -2.25. The number of sulfonamides is 1. The molecule has 5 nitrogen and oxygen atoms in total. The van der Waals surface area contributed by atoms with Crippen LogP contribution in [0.25, 0.3) is 0 Å². The molecule has 0 spiro atoms. The average Bonchev–Trinajstić information content (AvgIpc) is 2.60. The number of hydrogen-bond acceptors (Lipinski definition) is 3. The van der Waals surface area contributed by atoms with Gasteiger partial charge in [0.25, 0.3) is 0 Å². The first-order valence-electron chi connectivity index (χ1n) is 9.44. The maximum absolute atomic E-state index is 12.7. The fourth-order valence-electron chi connectivity index (χ4n) is 3.24. The van der Waals surface area contributed by atoms with E-state index in [2.05, 4.69) is 11.4 Å². The predicted octanol–water partition coefficient (Wildman–Crippen LogP) is 3.95. The van der Waals surface area contributed by atoms with Crippen LogP contribution in [0.3, 0.4) is 0 Å². The maximum atomic E-state index is 12.7. The molecule has 0 heterocycles. The van der Waals surface area contributed by atoms with Gasteiger partial charge in [-0.1, -0.05) is 42.8 Å². The van der Waals surface area contributed by atoms with E-state index >= 15 is 0 Å². The lowest BCUT2D eigenvalue weighted by molar-refractivity contribution is -0.120. The largest absolute Gasteiger partial charge is 0.348 e. The summed E-state index contributed by atoms with van der Waals surface area (Å²) in [5, 5.41) is 2.99. The molecular formula is C22H30N2O3S. The van der Waals surface area contributed by atoms with Gasteiger partial charge >= 0.3 is 0 Å². The van der Waals surface area contributed by atoms with Gasteiger partial charge in [-0.25, -0.2) is 8.42 Å². The third-order valence-electron chi connectivity index (χ3n) is 4.99. The van der Waals surface area contributed by atoms with Crippen molar-refractivity contribution in [1.82, 2.24) is 5.32 Å². The first kappa shape index (κ1) is 22.0. The van der Waals surface area contributed by atoms with Gasteiger partial charge in [0.1, 0.15) is 6.54 Å². The normalized spacial score (nSPS) is 12.5. The van der Waals surface area contributed by atoms with Crippen LogP contribution in [0.4, 0.5) is 5.69 Å². The second kappa shape index (κ2) is 8.78. The molecule has 1 N–H and O–H groups in total. The highest BCUT2D eigenvalue weighted by molar-refractivity contribution is 7.92. The van der Waals surface area contributed by atoms with Gasteiger partial charge in [-0.3, -0.25) is 9.10 Å². The molecule has 0 aliphatic heterocycles. The van der Waals surface area contributed by atoms with Crippen LogP contribution in [-0.4, -0.2) is 27.1 Å². The highest BCUT2D eigenvalue weighted by Crippen LogP contribution is 2.24. The minimum Gasteiger partial charge on any atom is -0.348 e. The van der Waals surface area contributed by atoms with Crippen LogP contribution in [0.2, 0.25) is 0 Å². The molecule has 0 radical (unpaired) electrons. The van der Waals surface area contributed by atoms with Crippen LogP contribution in [-0.2, 0) is 14.8 Å². The Balaban J connectivity index is 2.24. The fraction of sp³-hybridized carbons (Fsp3) is 0.409. The van der Waals surface area contributed by atoms with Crippen LogP contribution >= 0.6 is 0 Å². The van der Waals surface area contributed by atoms with Gasteiger partial charge in [-0.05, 0) is 62.4 Å². The van der Waals surface area contributed by atoms with Crippen molar-refractivity contribution < 1.29 is 13.2 Å². The number of rotatable bonds is 7. The summed E-state index contributed by atoms with van der Waals surface area (Å²) in [4.78, 5) is 12.7. The zero-order valence-corrected chi connectivity index (χ0v) is 18.4. The van der Waals surface area contributed by atoms with Crippen molar-refractivity contribution in [2.45, 2.75) is 47.1 Å². The van der Waals surface area contributed by atoms with Crippen molar-refractivity contribution in [2.75, 3.05) is 17.1 Å². The van der Waals surface area contributed by atoms with Gasteiger partial charge in [0.2, 0.25) is 15.9 Å². The molecule has 28 heavy (non-hydrogen) atoms. The van der Waals surface area contributed by atoms with Gasteiger partial charge in [-0.2, -0.15) is 0 Å². The number of nitrogens with zero attached hydrogens (tertiary/aromatic N) is 1. The highest BCUT2D eigenvalue weighted by atomic mass is 32.2. The minimum atomic E-state index is -3.60. The summed E-state index contributed by atoms with van der Waals surface area (Å²) in [7, 11) is -3.60. The Morgan fingerprint density at radius 1 is 1.00 bits per heavy atom. The summed E-state index contributed by atoms with van der Waals surface area (Å²) in [5.74, 6) is -0.324. The third-order valence-corrected chi connectivity index (χ3v) is 6.11. The van der Waals surface area contributed by atoms with Crippen LogP contribution < -0.4 is 9.62 Å². The Labute approximate surface area is 168 Å². The number of anilines is 1. The van der Waals surface area contributed by atoms with Gasteiger partial charge in [0, 0.05) is 0 Å². The predicted molar refractivity (Wildman–Crippen MR) is 115 cm³/mol. The Hall–Kier alpha value is -2.34. The van der Waals surface area contributed by atoms with Crippen molar-refractivity contribution in [1.29, 1.82) is 0 Å². The number of hydrogen-bond donors (Lipinski definition) is 1. The van der Waals surface area contributed by atoms with Crippen LogP contribution in [0.1, 0.15) is 47.2 Å². The van der Waals surface area contributed by atoms with Crippen molar-refractivity contribution >= 4 is 21.6 Å². The maximum Gasteiger partial charge on any atom is 0.241 e. The van der Waals surface area contributed by atoms with E-state index in [-0.39, 0.29) is 18.5 Å². The van der Waals surface area contributed by atoms with Gasteiger partial charge in [0.05, 0.1) is 18.0 Å². The summed E-state index contributed by atoms with van der Waals surface area (Å²) < 4.78 is 25.9. The van der Waals surface area contributed by atoms with Gasteiger partial charge < -0.3 is 5.32 Å². The van der Waals surface area contributed by atoms with Gasteiger partial charge in [0.15, 0.2) is 0 Å². The first-order valence-corrected chi connectivity index (χ1v) is 11.3. The number of carbonyl (C=O) groups excluding carboxylic acids is 1. The second-order valence-corrected chi connectivity index (χ2v) is 9.34. The minimum absolute atomic E-state index is 0.160. The van der Waals surface area contributed by atoms with Crippen molar-refractivity contribution in [3.8, 4) is 0 Å². The van der Waals surface area contributed by atoms with E-state index in [4.69, 9.17) is 0 Å². The number of benzene rings is 2. The van der Waals surface area contributed by atoms with E-state index < -0.39 is 10.0 Å². The molecule has 0 saturated carbocycles. The zero-order chi connectivity index (χ0) is 21.1. The molecule has 2 aromatic carbocycles. The van der Waals surface area contributed by atoms with E-state index in [9.17, 15) is 13.2 Å². The van der Waals surface area contributed by atoms with E-state index in [1.54, 1.807) is 6.07 Å². The smallest absolute Gasteiger partial charge is 0.241 e. The standard InChI is InChI=1S/C22H30N2O3S/c1-7-20(19-10-9-16(3)17(4)13-19)23-22(25)14-24(28(6,26)27)21-11-8-15(2)12-18(21)5/h8-13,20H,7,14H2,1-6H3,(H,23,25)/t20-/m0/s1. The quantitative estimate of drug-likeness (QED) is 0.762. The summed E-state index contributed by atoms with van der Waals surface area (Å²) >= 11 is 0. The molecule has 0 aliphatic rings. The molecule has 0 bridgehead atoms. The Kier molecular flexibility index (Phi) is 6.88. The zero-order valence-electron chi connectivity index (χ0n) is 17.5. The molecule has 152 valence electrons. The molecule has 0 aliphatic carbocycles. The molecule has 0 saturated heterocycles. The Morgan fingerprint density at radius 2 is 1.68 bits per heavy atom. The Bertz CT molecular complexity index is 968.